The zero-order valence-corrected chi connectivity index (χ0v) is 17.5. The van der Waals surface area contributed by atoms with E-state index in [4.69, 9.17) is 15.3 Å². The van der Waals surface area contributed by atoms with E-state index in [1.807, 2.05) is 6.92 Å². The Morgan fingerprint density at radius 3 is 2.61 bits per heavy atom. The summed E-state index contributed by atoms with van der Waals surface area (Å²) in [5.74, 6) is -0.184. The molecule has 10 heteroatoms. The van der Waals surface area contributed by atoms with Crippen molar-refractivity contribution in [2.45, 2.75) is 25.8 Å². The number of nitrogens with zero attached hydrogens (tertiary/aromatic N) is 2. The second-order valence-corrected chi connectivity index (χ2v) is 7.06. The van der Waals surface area contributed by atoms with Crippen LogP contribution in [0.5, 0.6) is 5.75 Å². The second kappa shape index (κ2) is 10.1. The molecular formula is C21H26FN5O4. The highest BCUT2D eigenvalue weighted by atomic mass is 19.1. The fraction of sp³-hybridized carbons (Fsp3) is 0.381. The number of hydroxylamine groups is 2. The van der Waals surface area contributed by atoms with E-state index in [1.165, 1.54) is 19.2 Å². The molecule has 1 saturated heterocycles. The number of ether oxygens (including phenoxy) is 1. The van der Waals surface area contributed by atoms with Gasteiger partial charge in [0.2, 0.25) is 5.78 Å². The molecule has 0 bridgehead atoms. The molecule has 1 amide bonds. The topological polar surface area (TPSA) is 119 Å². The lowest BCUT2D eigenvalue weighted by molar-refractivity contribution is -0.112. The predicted molar refractivity (Wildman–Crippen MR) is 113 cm³/mol. The van der Waals surface area contributed by atoms with Gasteiger partial charge in [0, 0.05) is 25.7 Å². The summed E-state index contributed by atoms with van der Waals surface area (Å²) >= 11 is 0. The van der Waals surface area contributed by atoms with Crippen molar-refractivity contribution in [1.29, 1.82) is 0 Å². The predicted octanol–water partition coefficient (Wildman–Crippen LogP) is 2.58. The zero-order valence-electron chi connectivity index (χ0n) is 17.5. The number of methoxy groups -OCH3 is 1. The molecule has 1 aliphatic heterocycles. The third-order valence-electron chi connectivity index (χ3n) is 4.91. The van der Waals surface area contributed by atoms with Gasteiger partial charge in [0.15, 0.2) is 0 Å². The quantitative estimate of drug-likeness (QED) is 0.573. The minimum absolute atomic E-state index is 0.0401. The summed E-state index contributed by atoms with van der Waals surface area (Å²) in [5.41, 5.74) is 6.27. The van der Waals surface area contributed by atoms with Crippen molar-refractivity contribution in [1.82, 2.24) is 15.4 Å². The van der Waals surface area contributed by atoms with Crippen LogP contribution >= 0.6 is 0 Å². The highest BCUT2D eigenvalue weighted by Gasteiger charge is 2.23. The van der Waals surface area contributed by atoms with Crippen molar-refractivity contribution in [2.24, 2.45) is 0 Å². The molecule has 1 aliphatic rings. The number of piperidine rings is 1. The van der Waals surface area contributed by atoms with Crippen LogP contribution in [0.2, 0.25) is 0 Å². The standard InChI is InChI=1S/C21H26FN5O4/c1-3-24-21(29)31-27-10-8-14(9-11-27)25-18-7-5-15(20(23)26-18)19(28)16-12-13(22)4-6-17(16)30-2/h4-7,12,14H,3,8-11H2,1-2H3,(H,24,29)(H3,23,25,26). The number of nitrogens with one attached hydrogen (secondary N) is 2. The first kappa shape index (κ1) is 22.3. The number of hydrogen-bond acceptors (Lipinski definition) is 8. The van der Waals surface area contributed by atoms with Gasteiger partial charge in [0.05, 0.1) is 18.2 Å². The Balaban J connectivity index is 1.62. The molecule has 2 heterocycles. The largest absolute Gasteiger partial charge is 0.496 e. The normalized spacial score (nSPS) is 14.7. The van der Waals surface area contributed by atoms with Gasteiger partial charge in [-0.25, -0.2) is 14.2 Å². The maximum Gasteiger partial charge on any atom is 0.426 e. The maximum atomic E-state index is 13.6. The van der Waals surface area contributed by atoms with Gasteiger partial charge in [0.1, 0.15) is 23.2 Å². The number of anilines is 2. The summed E-state index contributed by atoms with van der Waals surface area (Å²) in [7, 11) is 1.41. The minimum Gasteiger partial charge on any atom is -0.496 e. The van der Waals surface area contributed by atoms with Crippen LogP contribution < -0.4 is 21.1 Å². The van der Waals surface area contributed by atoms with Crippen molar-refractivity contribution in [2.75, 3.05) is 37.8 Å². The van der Waals surface area contributed by atoms with Gasteiger partial charge in [-0.3, -0.25) is 4.79 Å². The molecule has 2 aromatic rings. The van der Waals surface area contributed by atoms with E-state index in [9.17, 15) is 14.0 Å². The second-order valence-electron chi connectivity index (χ2n) is 7.06. The number of carbonyl (C=O) groups is 2. The van der Waals surface area contributed by atoms with Crippen molar-refractivity contribution < 1.29 is 23.6 Å². The number of carbonyl (C=O) groups excluding carboxylic acids is 2. The van der Waals surface area contributed by atoms with Crippen LogP contribution in [0.4, 0.5) is 20.8 Å². The van der Waals surface area contributed by atoms with Gasteiger partial charge >= 0.3 is 6.09 Å². The van der Waals surface area contributed by atoms with Crippen LogP contribution in [0.15, 0.2) is 30.3 Å². The van der Waals surface area contributed by atoms with Gasteiger partial charge in [-0.05, 0) is 50.1 Å². The summed E-state index contributed by atoms with van der Waals surface area (Å²) in [6, 6.07) is 7.06. The fourth-order valence-electron chi connectivity index (χ4n) is 3.34. The summed E-state index contributed by atoms with van der Waals surface area (Å²) in [5, 5.41) is 7.50. The van der Waals surface area contributed by atoms with E-state index in [-0.39, 0.29) is 28.7 Å². The van der Waals surface area contributed by atoms with Crippen LogP contribution in [0.3, 0.4) is 0 Å². The van der Waals surface area contributed by atoms with Crippen molar-refractivity contribution in [3.05, 3.63) is 47.3 Å². The van der Waals surface area contributed by atoms with E-state index < -0.39 is 17.7 Å². The number of rotatable bonds is 7. The molecule has 31 heavy (non-hydrogen) atoms. The minimum atomic E-state index is -0.545. The first-order chi connectivity index (χ1) is 14.9. The maximum absolute atomic E-state index is 13.6. The summed E-state index contributed by atoms with van der Waals surface area (Å²) < 4.78 is 18.8. The number of ketones is 1. The number of halogens is 1. The summed E-state index contributed by atoms with van der Waals surface area (Å²) in [6.07, 6.45) is 1.02. The Bertz CT molecular complexity index is 947. The average molecular weight is 431 g/mol. The molecule has 0 unspecified atom stereocenters. The number of nitrogens with two attached hydrogens (primary N) is 1. The summed E-state index contributed by atoms with van der Waals surface area (Å²) in [4.78, 5) is 33.8. The first-order valence-corrected chi connectivity index (χ1v) is 10.0. The number of benzene rings is 1. The van der Waals surface area contributed by atoms with Crippen LogP contribution in [-0.2, 0) is 4.84 Å². The molecule has 0 radical (unpaired) electrons. The van der Waals surface area contributed by atoms with Gasteiger partial charge < -0.3 is 25.9 Å². The molecule has 4 N–H and O–H groups in total. The third-order valence-corrected chi connectivity index (χ3v) is 4.91. The molecule has 9 nitrogen and oxygen atoms in total. The monoisotopic (exact) mass is 431 g/mol. The lowest BCUT2D eigenvalue weighted by atomic mass is 10.0. The van der Waals surface area contributed by atoms with E-state index >= 15 is 0 Å². The van der Waals surface area contributed by atoms with E-state index in [0.29, 0.717) is 25.5 Å². The van der Waals surface area contributed by atoms with Gasteiger partial charge in [-0.15, -0.1) is 5.06 Å². The van der Waals surface area contributed by atoms with E-state index in [0.717, 1.165) is 18.9 Å². The number of amides is 1. The molecule has 1 fully saturated rings. The molecule has 0 atom stereocenters. The average Bonchev–Trinajstić information content (AvgIpc) is 2.75. The molecule has 0 spiro atoms. The Labute approximate surface area is 179 Å². The van der Waals surface area contributed by atoms with Gasteiger partial charge in [0.25, 0.3) is 0 Å². The molecule has 0 saturated carbocycles. The van der Waals surface area contributed by atoms with Gasteiger partial charge in [-0.1, -0.05) is 0 Å². The Morgan fingerprint density at radius 1 is 1.23 bits per heavy atom. The molecular weight excluding hydrogens is 405 g/mol. The Hall–Kier alpha value is -3.40. The van der Waals surface area contributed by atoms with Crippen LogP contribution in [0.25, 0.3) is 0 Å². The molecule has 0 aliphatic carbocycles. The van der Waals surface area contributed by atoms with Crippen molar-refractivity contribution in [3.8, 4) is 5.75 Å². The fourth-order valence-corrected chi connectivity index (χ4v) is 3.34. The highest BCUT2D eigenvalue weighted by molar-refractivity contribution is 6.13. The number of pyridine rings is 1. The molecule has 1 aromatic carbocycles. The lowest BCUT2D eigenvalue weighted by Gasteiger charge is -2.31. The molecule has 1 aromatic heterocycles. The van der Waals surface area contributed by atoms with Gasteiger partial charge in [-0.2, -0.15) is 0 Å². The van der Waals surface area contributed by atoms with E-state index in [1.54, 1.807) is 17.2 Å². The third kappa shape index (κ3) is 5.60. The Kier molecular flexibility index (Phi) is 7.24. The first-order valence-electron chi connectivity index (χ1n) is 10.0. The SMILES string of the molecule is CCNC(=O)ON1CCC(Nc2ccc(C(=O)c3cc(F)ccc3OC)c(N)n2)CC1. The molecule has 3 rings (SSSR count). The van der Waals surface area contributed by atoms with Crippen LogP contribution in [0, 0.1) is 5.82 Å². The van der Waals surface area contributed by atoms with E-state index in [2.05, 4.69) is 15.6 Å². The molecule has 166 valence electrons. The lowest BCUT2D eigenvalue weighted by Crippen LogP contribution is -2.42. The number of hydrogen-bond donors (Lipinski definition) is 3. The van der Waals surface area contributed by atoms with Crippen LogP contribution in [0.1, 0.15) is 35.7 Å². The van der Waals surface area contributed by atoms with Crippen LogP contribution in [-0.4, -0.2) is 54.7 Å². The summed E-state index contributed by atoms with van der Waals surface area (Å²) in [6.45, 7) is 3.50. The Morgan fingerprint density at radius 2 is 1.97 bits per heavy atom. The zero-order chi connectivity index (χ0) is 22.4. The van der Waals surface area contributed by atoms with Crippen molar-refractivity contribution >= 4 is 23.5 Å². The highest BCUT2D eigenvalue weighted by Crippen LogP contribution is 2.26. The van der Waals surface area contributed by atoms with Crippen molar-refractivity contribution in [3.63, 3.8) is 0 Å². The number of nitrogen functional groups attached to an aromatic ring is 1. The smallest absolute Gasteiger partial charge is 0.426 e. The number of aromatic nitrogens is 1.